The fourth-order valence-electron chi connectivity index (χ4n) is 4.24. The summed E-state index contributed by atoms with van der Waals surface area (Å²) in [7, 11) is -3.47. The van der Waals surface area contributed by atoms with Crippen LogP contribution in [0, 0.1) is 12.8 Å². The van der Waals surface area contributed by atoms with Crippen LogP contribution in [0.2, 0.25) is 0 Å². The molecule has 1 aliphatic carbocycles. The van der Waals surface area contributed by atoms with E-state index in [9.17, 15) is 8.42 Å². The van der Waals surface area contributed by atoms with Crippen LogP contribution in [-0.4, -0.2) is 8.42 Å². The molecule has 1 aliphatic rings. The van der Waals surface area contributed by atoms with Crippen molar-refractivity contribution in [3.8, 4) is 0 Å². The summed E-state index contributed by atoms with van der Waals surface area (Å²) in [5.74, 6) is 0.00224. The molecule has 0 saturated carbocycles. The maximum Gasteiger partial charge on any atom is 0.185 e. The minimum absolute atomic E-state index is 0.00224. The molecule has 4 heteroatoms. The van der Waals surface area contributed by atoms with Crippen LogP contribution in [0.25, 0.3) is 0 Å². The Kier molecular flexibility index (Phi) is 4.98. The van der Waals surface area contributed by atoms with Crippen LogP contribution in [0.15, 0.2) is 83.8 Å². The summed E-state index contributed by atoms with van der Waals surface area (Å²) in [6, 6.07) is 25.3. The highest BCUT2D eigenvalue weighted by atomic mass is 32.2. The molecule has 3 nitrogen and oxygen atoms in total. The number of rotatable bonds is 4. The molecule has 28 heavy (non-hydrogen) atoms. The lowest BCUT2D eigenvalue weighted by atomic mass is 9.81. The van der Waals surface area contributed by atoms with Gasteiger partial charge in [-0.25, -0.2) is 8.42 Å². The van der Waals surface area contributed by atoms with Gasteiger partial charge in [-0.15, -0.1) is 0 Å². The molecule has 4 rings (SSSR count). The lowest BCUT2D eigenvalue weighted by Gasteiger charge is -2.37. The lowest BCUT2D eigenvalue weighted by Crippen LogP contribution is -2.30. The van der Waals surface area contributed by atoms with Crippen molar-refractivity contribution in [2.75, 3.05) is 5.32 Å². The molecule has 0 spiro atoms. The number of para-hydroxylation sites is 1. The maximum absolute atomic E-state index is 13.5. The van der Waals surface area contributed by atoms with Crippen LogP contribution in [0.4, 0.5) is 5.69 Å². The first-order valence-electron chi connectivity index (χ1n) is 9.68. The Morgan fingerprint density at radius 3 is 2.11 bits per heavy atom. The zero-order chi connectivity index (χ0) is 19.7. The minimum atomic E-state index is -3.47. The molecule has 0 aliphatic heterocycles. The third-order valence-electron chi connectivity index (χ3n) is 5.60. The van der Waals surface area contributed by atoms with E-state index in [0.717, 1.165) is 28.8 Å². The molecule has 0 heterocycles. The van der Waals surface area contributed by atoms with Gasteiger partial charge in [0, 0.05) is 5.69 Å². The molecular formula is C24H25NO2S. The zero-order valence-electron chi connectivity index (χ0n) is 16.2. The molecule has 3 atom stereocenters. The van der Waals surface area contributed by atoms with Crippen molar-refractivity contribution < 1.29 is 8.42 Å². The number of hydrogen-bond acceptors (Lipinski definition) is 3. The number of aryl methyl sites for hydroxylation is 1. The molecule has 0 aromatic heterocycles. The van der Waals surface area contributed by atoms with E-state index < -0.39 is 15.1 Å². The number of benzene rings is 3. The minimum Gasteiger partial charge on any atom is -0.378 e. The SMILES string of the molecule is Cc1ccc(S(=O)(=O)C2c3ccccc3[C@@H](Nc3ccccc3)C[C@H]2C)cc1. The summed E-state index contributed by atoms with van der Waals surface area (Å²) in [6.45, 7) is 4.01. The molecule has 3 aromatic carbocycles. The van der Waals surface area contributed by atoms with E-state index in [2.05, 4.69) is 11.4 Å². The molecule has 0 bridgehead atoms. The summed E-state index contributed by atoms with van der Waals surface area (Å²) >= 11 is 0. The Balaban J connectivity index is 1.75. The van der Waals surface area contributed by atoms with E-state index in [1.165, 1.54) is 0 Å². The summed E-state index contributed by atoms with van der Waals surface area (Å²) in [5, 5.41) is 3.06. The van der Waals surface area contributed by atoms with Gasteiger partial charge in [0.1, 0.15) is 0 Å². The Hall–Kier alpha value is -2.59. The van der Waals surface area contributed by atoms with Crippen LogP contribution >= 0.6 is 0 Å². The first kappa shape index (κ1) is 18.8. The molecule has 0 amide bonds. The second-order valence-corrected chi connectivity index (χ2v) is 9.75. The standard InChI is InChI=1S/C24H25NO2S/c1-17-12-14-20(15-13-17)28(26,27)24-18(2)16-23(21-10-6-7-11-22(21)24)25-19-8-4-3-5-9-19/h3-15,18,23-25H,16H2,1-2H3/t18-,23+,24?/m1/s1. The summed E-state index contributed by atoms with van der Waals surface area (Å²) in [4.78, 5) is 0.402. The number of anilines is 1. The summed E-state index contributed by atoms with van der Waals surface area (Å²) < 4.78 is 27.0. The van der Waals surface area contributed by atoms with Gasteiger partial charge in [0.2, 0.25) is 0 Å². The summed E-state index contributed by atoms with van der Waals surface area (Å²) in [6.07, 6.45) is 0.766. The average Bonchev–Trinajstić information content (AvgIpc) is 2.69. The highest BCUT2D eigenvalue weighted by Crippen LogP contribution is 2.47. The van der Waals surface area contributed by atoms with Gasteiger partial charge < -0.3 is 5.32 Å². The van der Waals surface area contributed by atoms with Crippen molar-refractivity contribution in [3.63, 3.8) is 0 Å². The molecular weight excluding hydrogens is 366 g/mol. The molecule has 144 valence electrons. The molecule has 0 radical (unpaired) electrons. The Bertz CT molecular complexity index is 1060. The lowest BCUT2D eigenvalue weighted by molar-refractivity contribution is 0.428. The first-order valence-corrected chi connectivity index (χ1v) is 11.2. The van der Waals surface area contributed by atoms with Gasteiger partial charge in [-0.3, -0.25) is 0 Å². The number of sulfone groups is 1. The van der Waals surface area contributed by atoms with Crippen LogP contribution in [0.5, 0.6) is 0 Å². The van der Waals surface area contributed by atoms with Gasteiger partial charge in [0.05, 0.1) is 16.2 Å². The maximum atomic E-state index is 13.5. The third kappa shape index (κ3) is 3.45. The van der Waals surface area contributed by atoms with Crippen LogP contribution < -0.4 is 5.32 Å². The van der Waals surface area contributed by atoms with Crippen LogP contribution in [-0.2, 0) is 9.84 Å². The normalized spacial score (nSPS) is 21.7. The quantitative estimate of drug-likeness (QED) is 0.620. The van der Waals surface area contributed by atoms with Gasteiger partial charge in [0.25, 0.3) is 0 Å². The number of hydrogen-bond donors (Lipinski definition) is 1. The summed E-state index contributed by atoms with van der Waals surface area (Å²) in [5.41, 5.74) is 4.10. The average molecular weight is 392 g/mol. The third-order valence-corrected chi connectivity index (χ3v) is 7.92. The highest BCUT2D eigenvalue weighted by Gasteiger charge is 2.40. The van der Waals surface area contributed by atoms with Gasteiger partial charge in [-0.1, -0.05) is 67.1 Å². The van der Waals surface area contributed by atoms with Gasteiger partial charge in [-0.05, 0) is 54.7 Å². The smallest absolute Gasteiger partial charge is 0.185 e. The topological polar surface area (TPSA) is 46.2 Å². The molecule has 1 N–H and O–H groups in total. The van der Waals surface area contributed by atoms with Gasteiger partial charge in [0.15, 0.2) is 9.84 Å². The van der Waals surface area contributed by atoms with E-state index >= 15 is 0 Å². The Morgan fingerprint density at radius 2 is 1.43 bits per heavy atom. The Labute approximate surface area is 167 Å². The second kappa shape index (κ2) is 7.44. The van der Waals surface area contributed by atoms with Gasteiger partial charge >= 0.3 is 0 Å². The van der Waals surface area contributed by atoms with E-state index in [-0.39, 0.29) is 12.0 Å². The Morgan fingerprint density at radius 1 is 0.821 bits per heavy atom. The van der Waals surface area contributed by atoms with Crippen molar-refractivity contribution >= 4 is 15.5 Å². The molecule has 1 unspecified atom stereocenters. The van der Waals surface area contributed by atoms with Gasteiger partial charge in [-0.2, -0.15) is 0 Å². The van der Waals surface area contributed by atoms with Crippen molar-refractivity contribution in [1.29, 1.82) is 0 Å². The fraction of sp³-hybridized carbons (Fsp3) is 0.250. The largest absolute Gasteiger partial charge is 0.378 e. The van der Waals surface area contributed by atoms with Crippen molar-refractivity contribution in [3.05, 3.63) is 95.6 Å². The number of nitrogens with one attached hydrogen (secondary N) is 1. The predicted molar refractivity (Wildman–Crippen MR) is 114 cm³/mol. The predicted octanol–water partition coefficient (Wildman–Crippen LogP) is 5.70. The van der Waals surface area contributed by atoms with E-state index in [0.29, 0.717) is 4.90 Å². The van der Waals surface area contributed by atoms with Crippen molar-refractivity contribution in [2.24, 2.45) is 5.92 Å². The monoisotopic (exact) mass is 391 g/mol. The molecule has 0 saturated heterocycles. The fourth-order valence-corrected chi connectivity index (χ4v) is 6.32. The zero-order valence-corrected chi connectivity index (χ0v) is 17.0. The van der Waals surface area contributed by atoms with Crippen molar-refractivity contribution in [1.82, 2.24) is 0 Å². The highest BCUT2D eigenvalue weighted by molar-refractivity contribution is 7.91. The second-order valence-electron chi connectivity index (χ2n) is 7.68. The van der Waals surface area contributed by atoms with E-state index in [4.69, 9.17) is 0 Å². The van der Waals surface area contributed by atoms with Crippen LogP contribution in [0.3, 0.4) is 0 Å². The van der Waals surface area contributed by atoms with Crippen LogP contribution in [0.1, 0.15) is 41.3 Å². The molecule has 3 aromatic rings. The first-order chi connectivity index (χ1) is 13.5. The number of fused-ring (bicyclic) bond motifs is 1. The molecule has 0 fully saturated rings. The van der Waals surface area contributed by atoms with E-state index in [1.807, 2.05) is 74.5 Å². The van der Waals surface area contributed by atoms with E-state index in [1.54, 1.807) is 12.1 Å². The van der Waals surface area contributed by atoms with Crippen molar-refractivity contribution in [2.45, 2.75) is 36.5 Å².